The van der Waals surface area contributed by atoms with Crippen LogP contribution in [0.25, 0.3) is 0 Å². The van der Waals surface area contributed by atoms with Crippen molar-refractivity contribution in [2.75, 3.05) is 20.6 Å². The average molecular weight is 280 g/mol. The molecule has 118 valence electrons. The van der Waals surface area contributed by atoms with Crippen LogP contribution in [-0.2, 0) is 0 Å². The molecule has 0 bridgehead atoms. The summed E-state index contributed by atoms with van der Waals surface area (Å²) in [6, 6.07) is 1.43. The maximum absolute atomic E-state index is 3.59. The Labute approximate surface area is 126 Å². The molecule has 20 heavy (non-hydrogen) atoms. The van der Waals surface area contributed by atoms with Gasteiger partial charge in [-0.1, -0.05) is 34.1 Å². The molecular formula is C18H36N2. The Hall–Kier alpha value is -0.0800. The summed E-state index contributed by atoms with van der Waals surface area (Å²) in [6.07, 6.45) is 6.88. The smallest absolute Gasteiger partial charge is 0.0249 e. The van der Waals surface area contributed by atoms with Crippen LogP contribution >= 0.6 is 0 Å². The molecule has 2 aliphatic carbocycles. The van der Waals surface area contributed by atoms with Gasteiger partial charge in [0.2, 0.25) is 0 Å². The van der Waals surface area contributed by atoms with Crippen molar-refractivity contribution >= 4 is 0 Å². The molecule has 0 radical (unpaired) electrons. The van der Waals surface area contributed by atoms with Crippen molar-refractivity contribution in [3.63, 3.8) is 0 Å². The molecule has 0 spiro atoms. The highest BCUT2D eigenvalue weighted by atomic mass is 15.2. The van der Waals surface area contributed by atoms with Crippen LogP contribution in [0.15, 0.2) is 0 Å². The lowest BCUT2D eigenvalue weighted by Gasteiger charge is -2.46. The third-order valence-corrected chi connectivity index (χ3v) is 6.57. The first-order valence-electron chi connectivity index (χ1n) is 8.76. The Morgan fingerprint density at radius 3 is 2.35 bits per heavy atom. The van der Waals surface area contributed by atoms with E-state index < -0.39 is 0 Å². The van der Waals surface area contributed by atoms with Crippen LogP contribution in [0.5, 0.6) is 0 Å². The van der Waals surface area contributed by atoms with E-state index in [1.807, 2.05) is 0 Å². The zero-order chi connectivity index (χ0) is 14.9. The Kier molecular flexibility index (Phi) is 5.18. The molecule has 5 unspecified atom stereocenters. The molecule has 1 N–H and O–H groups in total. The Balaban J connectivity index is 1.98. The summed E-state index contributed by atoms with van der Waals surface area (Å²) in [4.78, 5) is 2.67. The molecule has 0 aliphatic heterocycles. The molecule has 2 nitrogen and oxygen atoms in total. The van der Waals surface area contributed by atoms with Crippen LogP contribution in [0.4, 0.5) is 0 Å². The van der Waals surface area contributed by atoms with E-state index in [1.54, 1.807) is 0 Å². The van der Waals surface area contributed by atoms with E-state index >= 15 is 0 Å². The van der Waals surface area contributed by atoms with Crippen LogP contribution in [0.1, 0.15) is 59.8 Å². The van der Waals surface area contributed by atoms with E-state index in [4.69, 9.17) is 0 Å². The van der Waals surface area contributed by atoms with Crippen molar-refractivity contribution in [3.05, 3.63) is 0 Å². The van der Waals surface area contributed by atoms with Crippen molar-refractivity contribution in [1.82, 2.24) is 10.2 Å². The van der Waals surface area contributed by atoms with E-state index in [1.165, 1.54) is 38.6 Å². The summed E-state index contributed by atoms with van der Waals surface area (Å²) in [5.74, 6) is 2.83. The average Bonchev–Trinajstić information content (AvgIpc) is 3.13. The van der Waals surface area contributed by atoms with Gasteiger partial charge in [-0.05, 0) is 62.9 Å². The van der Waals surface area contributed by atoms with Gasteiger partial charge in [0.15, 0.2) is 0 Å². The second-order valence-corrected chi connectivity index (χ2v) is 8.23. The van der Waals surface area contributed by atoms with Crippen molar-refractivity contribution in [2.24, 2.45) is 23.2 Å². The van der Waals surface area contributed by atoms with Crippen LogP contribution in [0, 0.1) is 23.2 Å². The maximum atomic E-state index is 3.59. The highest BCUT2D eigenvalue weighted by molar-refractivity contribution is 4.95. The predicted octanol–water partition coefficient (Wildman–Crippen LogP) is 3.77. The van der Waals surface area contributed by atoms with Crippen LogP contribution in [0.3, 0.4) is 0 Å². The Morgan fingerprint density at radius 1 is 1.20 bits per heavy atom. The first kappa shape index (κ1) is 16.3. The van der Waals surface area contributed by atoms with Gasteiger partial charge in [-0.15, -0.1) is 0 Å². The van der Waals surface area contributed by atoms with Gasteiger partial charge in [0.25, 0.3) is 0 Å². The van der Waals surface area contributed by atoms with Crippen LogP contribution < -0.4 is 5.32 Å². The number of rotatable bonds is 6. The van der Waals surface area contributed by atoms with Crippen molar-refractivity contribution in [1.29, 1.82) is 0 Å². The Morgan fingerprint density at radius 2 is 1.85 bits per heavy atom. The highest BCUT2D eigenvalue weighted by Crippen LogP contribution is 2.43. The molecule has 2 fully saturated rings. The van der Waals surface area contributed by atoms with E-state index in [9.17, 15) is 0 Å². The molecule has 2 aliphatic rings. The van der Waals surface area contributed by atoms with Crippen molar-refractivity contribution in [3.8, 4) is 0 Å². The minimum atomic E-state index is 0.505. The largest absolute Gasteiger partial charge is 0.315 e. The number of nitrogens with one attached hydrogen (secondary N) is 1. The minimum absolute atomic E-state index is 0.505. The van der Waals surface area contributed by atoms with Crippen LogP contribution in [-0.4, -0.2) is 37.6 Å². The number of hydrogen-bond acceptors (Lipinski definition) is 2. The van der Waals surface area contributed by atoms with Gasteiger partial charge in [0.05, 0.1) is 0 Å². The standard InChI is InChI=1S/C18H36N2/c1-7-18(3,4)15-8-9-16(19-5)17(11-15)20(6)12-14-10-13(14)2/h13-17,19H,7-12H2,1-6H3. The molecule has 0 aromatic carbocycles. The molecule has 5 atom stereocenters. The Bertz CT molecular complexity index is 313. The molecule has 0 aromatic heterocycles. The maximum Gasteiger partial charge on any atom is 0.0249 e. The summed E-state index contributed by atoms with van der Waals surface area (Å²) in [5.41, 5.74) is 0.505. The lowest BCUT2D eigenvalue weighted by Crippen LogP contribution is -2.53. The lowest BCUT2D eigenvalue weighted by molar-refractivity contribution is 0.0620. The molecular weight excluding hydrogens is 244 g/mol. The molecule has 2 heteroatoms. The third kappa shape index (κ3) is 3.57. The fourth-order valence-corrected chi connectivity index (χ4v) is 4.13. The second kappa shape index (κ2) is 6.36. The van der Waals surface area contributed by atoms with E-state index in [-0.39, 0.29) is 0 Å². The fourth-order valence-electron chi connectivity index (χ4n) is 4.13. The quantitative estimate of drug-likeness (QED) is 0.797. The van der Waals surface area contributed by atoms with Crippen molar-refractivity contribution in [2.45, 2.75) is 71.9 Å². The number of hydrogen-bond donors (Lipinski definition) is 1. The third-order valence-electron chi connectivity index (χ3n) is 6.57. The van der Waals surface area contributed by atoms with E-state index in [0.717, 1.165) is 23.8 Å². The molecule has 0 saturated heterocycles. The number of likely N-dealkylation sites (N-methyl/N-ethyl adjacent to an activating group) is 2. The zero-order valence-corrected chi connectivity index (χ0v) is 14.6. The predicted molar refractivity (Wildman–Crippen MR) is 87.9 cm³/mol. The van der Waals surface area contributed by atoms with Crippen molar-refractivity contribution < 1.29 is 0 Å². The molecule has 0 aromatic rings. The topological polar surface area (TPSA) is 15.3 Å². The highest BCUT2D eigenvalue weighted by Gasteiger charge is 2.40. The first-order chi connectivity index (χ1) is 9.39. The second-order valence-electron chi connectivity index (χ2n) is 8.23. The summed E-state index contributed by atoms with van der Waals surface area (Å²) < 4.78 is 0. The first-order valence-corrected chi connectivity index (χ1v) is 8.76. The molecule has 0 heterocycles. The van der Waals surface area contributed by atoms with Gasteiger partial charge in [-0.25, -0.2) is 0 Å². The summed E-state index contributed by atoms with van der Waals surface area (Å²) in [6.45, 7) is 11.0. The van der Waals surface area contributed by atoms with E-state index in [2.05, 4.69) is 52.0 Å². The van der Waals surface area contributed by atoms with Crippen LogP contribution in [0.2, 0.25) is 0 Å². The molecule has 0 amide bonds. The summed E-state index contributed by atoms with van der Waals surface area (Å²) in [7, 11) is 4.51. The summed E-state index contributed by atoms with van der Waals surface area (Å²) in [5, 5.41) is 3.59. The van der Waals surface area contributed by atoms with Gasteiger partial charge < -0.3 is 10.2 Å². The van der Waals surface area contributed by atoms with Gasteiger partial charge >= 0.3 is 0 Å². The van der Waals surface area contributed by atoms with Gasteiger partial charge in [0, 0.05) is 18.6 Å². The number of nitrogens with zero attached hydrogens (tertiary/aromatic N) is 1. The summed E-state index contributed by atoms with van der Waals surface area (Å²) >= 11 is 0. The van der Waals surface area contributed by atoms with E-state index in [0.29, 0.717) is 11.5 Å². The van der Waals surface area contributed by atoms with Gasteiger partial charge in [-0.2, -0.15) is 0 Å². The molecule has 2 rings (SSSR count). The minimum Gasteiger partial charge on any atom is -0.315 e. The fraction of sp³-hybridized carbons (Fsp3) is 1.00. The normalized spacial score (nSPS) is 38.2. The molecule has 2 saturated carbocycles. The zero-order valence-electron chi connectivity index (χ0n) is 14.6. The van der Waals surface area contributed by atoms with Gasteiger partial charge in [0.1, 0.15) is 0 Å². The SMILES string of the molecule is CCC(C)(C)C1CCC(NC)C(N(C)CC2CC2C)C1. The monoisotopic (exact) mass is 280 g/mol. The lowest BCUT2D eigenvalue weighted by atomic mass is 9.67. The van der Waals surface area contributed by atoms with Gasteiger partial charge in [-0.3, -0.25) is 0 Å².